The normalized spacial score (nSPS) is 14.5. The number of hydrogen-bond donors (Lipinski definition) is 1. The fraction of sp³-hybridized carbons (Fsp3) is 0.409. The van der Waals surface area contributed by atoms with Gasteiger partial charge in [-0.05, 0) is 20.3 Å². The average Bonchev–Trinajstić information content (AvgIpc) is 3.29. The molecule has 0 saturated heterocycles. The lowest BCUT2D eigenvalue weighted by atomic mass is 10.1. The lowest BCUT2D eigenvalue weighted by Gasteiger charge is -2.12. The summed E-state index contributed by atoms with van der Waals surface area (Å²) >= 11 is 0. The zero-order valence-electron chi connectivity index (χ0n) is 17.2. The standard InChI is InChI=1S/C18H18N4O.2C2H6/c1-11-12(2)20-18(19-11)15-8-9-16-21-14(10-17(23)22(15)16)13-6-4-3-5-7-13;2*1-2/h3-7,10,15H,8-9H2,1-2H3,(H,19,20);2*1-2H3. The van der Waals surface area contributed by atoms with Crippen LogP contribution in [0.3, 0.4) is 0 Å². The fourth-order valence-electron chi connectivity index (χ4n) is 3.19. The molecule has 1 unspecified atom stereocenters. The van der Waals surface area contributed by atoms with Crippen molar-refractivity contribution in [2.24, 2.45) is 0 Å². The van der Waals surface area contributed by atoms with Crippen molar-refractivity contribution in [3.8, 4) is 11.3 Å². The Morgan fingerprint density at radius 2 is 1.70 bits per heavy atom. The van der Waals surface area contributed by atoms with Gasteiger partial charge in [-0.15, -0.1) is 0 Å². The summed E-state index contributed by atoms with van der Waals surface area (Å²) in [5.74, 6) is 1.70. The Labute approximate surface area is 161 Å². The first-order valence-corrected chi connectivity index (χ1v) is 9.84. The quantitative estimate of drug-likeness (QED) is 0.706. The summed E-state index contributed by atoms with van der Waals surface area (Å²) in [7, 11) is 0. The van der Waals surface area contributed by atoms with Gasteiger partial charge in [0.05, 0.1) is 17.4 Å². The van der Waals surface area contributed by atoms with Crippen LogP contribution >= 0.6 is 0 Å². The Balaban J connectivity index is 0.000000614. The smallest absolute Gasteiger partial charge is 0.254 e. The van der Waals surface area contributed by atoms with Crippen molar-refractivity contribution in [2.75, 3.05) is 0 Å². The zero-order valence-corrected chi connectivity index (χ0v) is 17.2. The number of H-pyrrole nitrogens is 1. The van der Waals surface area contributed by atoms with Crippen LogP contribution in [0.5, 0.6) is 0 Å². The third-order valence-electron chi connectivity index (χ3n) is 4.51. The number of nitrogens with zero attached hydrogens (tertiary/aromatic N) is 3. The van der Waals surface area contributed by atoms with Crippen molar-refractivity contribution in [1.82, 2.24) is 19.5 Å². The summed E-state index contributed by atoms with van der Waals surface area (Å²) in [4.78, 5) is 25.2. The molecule has 0 fully saturated rings. The van der Waals surface area contributed by atoms with Crippen molar-refractivity contribution >= 4 is 0 Å². The summed E-state index contributed by atoms with van der Waals surface area (Å²) in [6, 6.07) is 11.4. The summed E-state index contributed by atoms with van der Waals surface area (Å²) in [6.07, 6.45) is 1.65. The molecule has 1 atom stereocenters. The van der Waals surface area contributed by atoms with Crippen molar-refractivity contribution in [1.29, 1.82) is 0 Å². The fourth-order valence-corrected chi connectivity index (χ4v) is 3.19. The second kappa shape index (κ2) is 9.31. The molecule has 1 aromatic carbocycles. The molecule has 4 rings (SSSR count). The van der Waals surface area contributed by atoms with Gasteiger partial charge in [-0.2, -0.15) is 0 Å². The maximum atomic E-state index is 12.7. The van der Waals surface area contributed by atoms with Crippen LogP contribution in [0.1, 0.15) is 63.2 Å². The highest BCUT2D eigenvalue weighted by Gasteiger charge is 2.28. The zero-order chi connectivity index (χ0) is 20.0. The number of hydrogen-bond acceptors (Lipinski definition) is 3. The Bertz CT molecular complexity index is 906. The number of rotatable bonds is 2. The van der Waals surface area contributed by atoms with Gasteiger partial charge in [0.1, 0.15) is 11.6 Å². The SMILES string of the molecule is CC.CC.Cc1nc(C2CCc3nc(-c4ccccc4)cc(=O)n32)[nH]c1C. The van der Waals surface area contributed by atoms with Gasteiger partial charge in [0.2, 0.25) is 0 Å². The van der Waals surface area contributed by atoms with Crippen molar-refractivity contribution in [3.63, 3.8) is 0 Å². The minimum atomic E-state index is -0.0396. The van der Waals surface area contributed by atoms with Crippen LogP contribution in [0.15, 0.2) is 41.2 Å². The first-order chi connectivity index (χ1) is 13.1. The molecule has 3 aromatic rings. The van der Waals surface area contributed by atoms with E-state index in [2.05, 4.69) is 9.97 Å². The highest BCUT2D eigenvalue weighted by Crippen LogP contribution is 2.29. The van der Waals surface area contributed by atoms with E-state index in [0.29, 0.717) is 0 Å². The highest BCUT2D eigenvalue weighted by atomic mass is 16.1. The van der Waals surface area contributed by atoms with Gasteiger partial charge in [-0.3, -0.25) is 9.36 Å². The third-order valence-corrected chi connectivity index (χ3v) is 4.51. The molecule has 0 saturated carbocycles. The summed E-state index contributed by atoms with van der Waals surface area (Å²) < 4.78 is 1.78. The molecule has 27 heavy (non-hydrogen) atoms. The minimum absolute atomic E-state index is 0.0111. The number of imidazole rings is 1. The highest BCUT2D eigenvalue weighted by molar-refractivity contribution is 5.58. The predicted octanol–water partition coefficient (Wildman–Crippen LogP) is 4.84. The molecule has 0 spiro atoms. The predicted molar refractivity (Wildman–Crippen MR) is 111 cm³/mol. The number of aromatic amines is 1. The largest absolute Gasteiger partial charge is 0.344 e. The Morgan fingerprint density at radius 1 is 1.04 bits per heavy atom. The average molecular weight is 367 g/mol. The molecular formula is C22H30N4O. The molecule has 3 heterocycles. The molecule has 1 aliphatic rings. The van der Waals surface area contributed by atoms with Gasteiger partial charge in [-0.1, -0.05) is 58.0 Å². The molecule has 5 nitrogen and oxygen atoms in total. The van der Waals surface area contributed by atoms with E-state index in [4.69, 9.17) is 4.98 Å². The van der Waals surface area contributed by atoms with E-state index >= 15 is 0 Å². The maximum Gasteiger partial charge on any atom is 0.254 e. The van der Waals surface area contributed by atoms with E-state index in [1.807, 2.05) is 71.9 Å². The second-order valence-electron chi connectivity index (χ2n) is 6.02. The van der Waals surface area contributed by atoms with Gasteiger partial charge >= 0.3 is 0 Å². The molecule has 0 radical (unpaired) electrons. The molecule has 0 amide bonds. The molecule has 144 valence electrons. The molecule has 2 aromatic heterocycles. The van der Waals surface area contributed by atoms with Crippen LogP contribution in [0.2, 0.25) is 0 Å². The summed E-state index contributed by atoms with van der Waals surface area (Å²) in [5.41, 5.74) is 3.74. The monoisotopic (exact) mass is 366 g/mol. The Kier molecular flexibility index (Phi) is 7.11. The van der Waals surface area contributed by atoms with Gasteiger partial charge in [0, 0.05) is 23.7 Å². The van der Waals surface area contributed by atoms with Gasteiger partial charge < -0.3 is 4.98 Å². The van der Waals surface area contributed by atoms with Crippen LogP contribution in [0.25, 0.3) is 11.3 Å². The molecule has 1 aliphatic heterocycles. The lowest BCUT2D eigenvalue weighted by molar-refractivity contribution is 0.567. The lowest BCUT2D eigenvalue weighted by Crippen LogP contribution is -2.25. The Hall–Kier alpha value is -2.69. The number of nitrogens with one attached hydrogen (secondary N) is 1. The molecular weight excluding hydrogens is 336 g/mol. The maximum absolute atomic E-state index is 12.7. The Morgan fingerprint density at radius 3 is 2.30 bits per heavy atom. The van der Waals surface area contributed by atoms with Crippen molar-refractivity contribution in [2.45, 2.75) is 60.4 Å². The van der Waals surface area contributed by atoms with E-state index in [9.17, 15) is 4.79 Å². The van der Waals surface area contributed by atoms with Crippen LogP contribution in [-0.4, -0.2) is 19.5 Å². The summed E-state index contributed by atoms with van der Waals surface area (Å²) in [6.45, 7) is 12.0. The van der Waals surface area contributed by atoms with Gasteiger partial charge in [0.25, 0.3) is 5.56 Å². The van der Waals surface area contributed by atoms with Gasteiger partial charge in [-0.25, -0.2) is 9.97 Å². The van der Waals surface area contributed by atoms with E-state index in [-0.39, 0.29) is 11.6 Å². The van der Waals surface area contributed by atoms with E-state index in [1.54, 1.807) is 10.6 Å². The first-order valence-electron chi connectivity index (χ1n) is 9.84. The minimum Gasteiger partial charge on any atom is -0.344 e. The molecule has 0 bridgehead atoms. The third kappa shape index (κ3) is 4.18. The van der Waals surface area contributed by atoms with Crippen LogP contribution in [0.4, 0.5) is 0 Å². The number of aromatic nitrogens is 4. The van der Waals surface area contributed by atoms with E-state index in [1.165, 1.54) is 0 Å². The molecule has 0 aliphatic carbocycles. The van der Waals surface area contributed by atoms with Crippen LogP contribution < -0.4 is 5.56 Å². The summed E-state index contributed by atoms with van der Waals surface area (Å²) in [5, 5.41) is 0. The van der Waals surface area contributed by atoms with E-state index < -0.39 is 0 Å². The number of benzene rings is 1. The topological polar surface area (TPSA) is 63.6 Å². The number of aryl methyl sites for hydroxylation is 3. The molecule has 5 heteroatoms. The van der Waals surface area contributed by atoms with Crippen LogP contribution in [0, 0.1) is 13.8 Å². The second-order valence-corrected chi connectivity index (χ2v) is 6.02. The van der Waals surface area contributed by atoms with Gasteiger partial charge in [0.15, 0.2) is 0 Å². The molecule has 1 N–H and O–H groups in total. The van der Waals surface area contributed by atoms with Crippen molar-refractivity contribution < 1.29 is 0 Å². The number of fused-ring (bicyclic) bond motifs is 1. The van der Waals surface area contributed by atoms with Crippen molar-refractivity contribution in [3.05, 3.63) is 69.8 Å². The van der Waals surface area contributed by atoms with Crippen LogP contribution in [-0.2, 0) is 6.42 Å². The first kappa shape index (κ1) is 20.6. The van der Waals surface area contributed by atoms with E-state index in [0.717, 1.165) is 47.1 Å².